The molecule has 0 radical (unpaired) electrons. The molecule has 0 fully saturated rings. The van der Waals surface area contributed by atoms with E-state index in [-0.39, 0.29) is 12.2 Å². The molecule has 0 aliphatic carbocycles. The van der Waals surface area contributed by atoms with E-state index in [1.54, 1.807) is 0 Å². The summed E-state index contributed by atoms with van der Waals surface area (Å²) in [5.41, 5.74) is 7.93. The summed E-state index contributed by atoms with van der Waals surface area (Å²) in [5, 5.41) is 7.74. The van der Waals surface area contributed by atoms with Gasteiger partial charge in [0.25, 0.3) is 0 Å². The molecule has 3 aliphatic heterocycles. The van der Waals surface area contributed by atoms with Gasteiger partial charge >= 0.3 is 0 Å². The zero-order chi connectivity index (χ0) is 32.1. The quantitative estimate of drug-likeness (QED) is 0.115. The van der Waals surface area contributed by atoms with Crippen LogP contribution < -0.4 is 14.8 Å². The van der Waals surface area contributed by atoms with Crippen LogP contribution in [0.25, 0.3) is 38.5 Å². The van der Waals surface area contributed by atoms with Crippen LogP contribution in [-0.4, -0.2) is 33.6 Å². The van der Waals surface area contributed by atoms with E-state index in [4.69, 9.17) is 9.47 Å². The molecule has 2 unspecified atom stereocenters. The average molecular weight is 622 g/mol. The second kappa shape index (κ2) is 12.2. The van der Waals surface area contributed by atoms with Gasteiger partial charge in [0.1, 0.15) is 30.3 Å². The van der Waals surface area contributed by atoms with E-state index < -0.39 is 0 Å². The number of aromatic nitrogens is 1. The van der Waals surface area contributed by atoms with Gasteiger partial charge in [0, 0.05) is 76.0 Å². The lowest BCUT2D eigenvalue weighted by molar-refractivity contribution is -0.436. The van der Waals surface area contributed by atoms with Crippen molar-refractivity contribution in [3.05, 3.63) is 107 Å². The van der Waals surface area contributed by atoms with Crippen molar-refractivity contribution in [2.45, 2.75) is 85.0 Å². The van der Waals surface area contributed by atoms with Gasteiger partial charge in [-0.15, -0.1) is 0 Å². The van der Waals surface area contributed by atoms with Crippen LogP contribution in [0.1, 0.15) is 70.1 Å². The van der Waals surface area contributed by atoms with Crippen LogP contribution in [0.4, 0.5) is 5.69 Å². The standard InChI is InChI=1S/C43H45N2O2/c1-5-7-22-44-36(32-16-14-18-34-40(32)38(44)26-30-24-28(3)46-42(30)34)20-12-10-9-11-13-21-37-33-17-15-19-35-41(33)39(45(37)23-8-6-2)27-31-25-29(4)47-43(31)35/h9-21,26-29H,5-8,22-25H2,1-4H3/q+1. The maximum absolute atomic E-state index is 6.29. The molecule has 4 heterocycles. The number of benzene rings is 4. The smallest absolute Gasteiger partial charge is 0.215 e. The molecule has 5 aromatic rings. The molecule has 238 valence electrons. The maximum Gasteiger partial charge on any atom is 0.215 e. The van der Waals surface area contributed by atoms with Gasteiger partial charge in [0.2, 0.25) is 11.4 Å². The number of aryl methyl sites for hydroxylation is 1. The molecule has 0 saturated carbocycles. The topological polar surface area (TPSA) is 26.4 Å². The number of nitrogens with zero attached hydrogens (tertiary/aromatic N) is 2. The molecule has 3 aliphatic rings. The van der Waals surface area contributed by atoms with Crippen LogP contribution >= 0.6 is 0 Å². The lowest BCUT2D eigenvalue weighted by Gasteiger charge is -2.09. The highest BCUT2D eigenvalue weighted by Crippen LogP contribution is 2.45. The first kappa shape index (κ1) is 29.8. The van der Waals surface area contributed by atoms with Crippen molar-refractivity contribution in [3.63, 3.8) is 0 Å². The molecule has 47 heavy (non-hydrogen) atoms. The number of hydrogen-bond acceptors (Lipinski definition) is 2. The van der Waals surface area contributed by atoms with Crippen molar-refractivity contribution in [1.29, 1.82) is 0 Å². The Morgan fingerprint density at radius 3 is 2.19 bits per heavy atom. The normalized spacial score (nSPS) is 19.1. The zero-order valence-electron chi connectivity index (χ0n) is 28.2. The molecule has 4 aromatic carbocycles. The summed E-state index contributed by atoms with van der Waals surface area (Å²) in [4.78, 5) is 0. The minimum absolute atomic E-state index is 0.240. The predicted octanol–water partition coefficient (Wildman–Crippen LogP) is 9.51. The minimum Gasteiger partial charge on any atom is -0.489 e. The SMILES string of the molecule is CCCCn1/c(=C/C=C/C=C/C=C/C2=[N+](CCCC)c3cc4c(c5cccc2c35)OC(C)C4)c2cccc3c4c(cc1c32)CC(C)O4. The number of unbranched alkanes of at least 4 members (excludes halogenated alkanes) is 2. The van der Waals surface area contributed by atoms with Crippen molar-refractivity contribution >= 4 is 49.9 Å². The molecule has 0 saturated heterocycles. The largest absolute Gasteiger partial charge is 0.489 e. The molecular formula is C43H45N2O2+. The highest BCUT2D eigenvalue weighted by molar-refractivity contribution is 6.21. The van der Waals surface area contributed by atoms with Crippen molar-refractivity contribution in [2.24, 2.45) is 0 Å². The van der Waals surface area contributed by atoms with Gasteiger partial charge in [-0.25, -0.2) is 0 Å². The average Bonchev–Trinajstić information content (AvgIpc) is 3.81. The van der Waals surface area contributed by atoms with Crippen LogP contribution in [0.3, 0.4) is 0 Å². The van der Waals surface area contributed by atoms with E-state index in [9.17, 15) is 0 Å². The van der Waals surface area contributed by atoms with Gasteiger partial charge in [-0.05, 0) is 38.5 Å². The second-order valence-electron chi connectivity index (χ2n) is 13.6. The third-order valence-corrected chi connectivity index (χ3v) is 10.1. The first-order valence-corrected chi connectivity index (χ1v) is 17.7. The Morgan fingerprint density at radius 1 is 0.766 bits per heavy atom. The van der Waals surface area contributed by atoms with E-state index in [0.29, 0.717) is 0 Å². The summed E-state index contributed by atoms with van der Waals surface area (Å²) in [7, 11) is 0. The van der Waals surface area contributed by atoms with E-state index in [1.165, 1.54) is 78.7 Å². The fourth-order valence-corrected chi connectivity index (χ4v) is 8.04. The van der Waals surface area contributed by atoms with Gasteiger partial charge in [0.15, 0.2) is 0 Å². The fraction of sp³-hybridized carbons (Fsp3) is 0.326. The summed E-state index contributed by atoms with van der Waals surface area (Å²) >= 11 is 0. The number of hydrogen-bond donors (Lipinski definition) is 0. The number of allylic oxidation sites excluding steroid dienone is 6. The van der Waals surface area contributed by atoms with Crippen LogP contribution in [0.2, 0.25) is 0 Å². The molecule has 0 spiro atoms. The summed E-state index contributed by atoms with van der Waals surface area (Å²) in [6, 6.07) is 18.1. The Kier molecular flexibility index (Phi) is 7.75. The van der Waals surface area contributed by atoms with Gasteiger partial charge in [0.05, 0.1) is 16.5 Å². The highest BCUT2D eigenvalue weighted by atomic mass is 16.5. The van der Waals surface area contributed by atoms with Crippen molar-refractivity contribution in [3.8, 4) is 11.5 Å². The zero-order valence-corrected chi connectivity index (χ0v) is 28.2. The molecule has 1 aromatic heterocycles. The van der Waals surface area contributed by atoms with Crippen LogP contribution in [0, 0.1) is 0 Å². The number of ether oxygens (including phenoxy) is 2. The Bertz CT molecular complexity index is 2210. The molecule has 4 nitrogen and oxygen atoms in total. The molecule has 0 amide bonds. The fourth-order valence-electron chi connectivity index (χ4n) is 8.04. The predicted molar refractivity (Wildman–Crippen MR) is 197 cm³/mol. The van der Waals surface area contributed by atoms with Crippen molar-refractivity contribution in [1.82, 2.24) is 4.57 Å². The Balaban J connectivity index is 1.11. The minimum atomic E-state index is 0.240. The second-order valence-corrected chi connectivity index (χ2v) is 13.6. The summed E-state index contributed by atoms with van der Waals surface area (Å²) < 4.78 is 17.6. The van der Waals surface area contributed by atoms with Crippen molar-refractivity contribution in [2.75, 3.05) is 6.54 Å². The third-order valence-electron chi connectivity index (χ3n) is 10.1. The molecule has 8 rings (SSSR count). The van der Waals surface area contributed by atoms with E-state index >= 15 is 0 Å². The first-order valence-electron chi connectivity index (χ1n) is 17.7. The number of rotatable bonds is 10. The van der Waals surface area contributed by atoms with Gasteiger partial charge < -0.3 is 14.0 Å². The maximum atomic E-state index is 6.29. The third kappa shape index (κ3) is 5.01. The molecule has 4 heteroatoms. The Labute approximate surface area is 278 Å². The van der Waals surface area contributed by atoms with Crippen LogP contribution in [0.15, 0.2) is 85.0 Å². The lowest BCUT2D eigenvalue weighted by Crippen LogP contribution is -2.16. The first-order chi connectivity index (χ1) is 23.1. The molecule has 0 N–H and O–H groups in total. The van der Waals surface area contributed by atoms with E-state index in [0.717, 1.165) is 50.3 Å². The monoisotopic (exact) mass is 621 g/mol. The van der Waals surface area contributed by atoms with Crippen LogP contribution in [-0.2, 0) is 19.4 Å². The van der Waals surface area contributed by atoms with E-state index in [1.807, 2.05) is 0 Å². The summed E-state index contributed by atoms with van der Waals surface area (Å²) in [6.45, 7) is 10.9. The van der Waals surface area contributed by atoms with Crippen molar-refractivity contribution < 1.29 is 14.0 Å². The number of fused-ring (bicyclic) bond motifs is 4. The van der Waals surface area contributed by atoms with E-state index in [2.05, 4.69) is 128 Å². The highest BCUT2D eigenvalue weighted by Gasteiger charge is 2.35. The summed E-state index contributed by atoms with van der Waals surface area (Å²) in [6.07, 6.45) is 22.5. The lowest BCUT2D eigenvalue weighted by atomic mass is 9.98. The van der Waals surface area contributed by atoms with Crippen LogP contribution in [0.5, 0.6) is 11.5 Å². The van der Waals surface area contributed by atoms with Gasteiger partial charge in [-0.2, -0.15) is 4.58 Å². The molecular weight excluding hydrogens is 576 g/mol. The Morgan fingerprint density at radius 2 is 1.43 bits per heavy atom. The molecule has 0 bridgehead atoms. The summed E-state index contributed by atoms with van der Waals surface area (Å²) in [5.74, 6) is 2.17. The molecule has 2 atom stereocenters. The van der Waals surface area contributed by atoms with Gasteiger partial charge in [-0.3, -0.25) is 0 Å². The Hall–Kier alpha value is -4.57. The van der Waals surface area contributed by atoms with Gasteiger partial charge in [-0.1, -0.05) is 87.4 Å².